The fraction of sp³-hybridized carbons (Fsp3) is 0.462. The summed E-state index contributed by atoms with van der Waals surface area (Å²) in [6.45, 7) is 2.89. The molecule has 1 atom stereocenters. The van der Waals surface area contributed by atoms with Gasteiger partial charge >= 0.3 is 0 Å². The lowest BCUT2D eigenvalue weighted by molar-refractivity contribution is -0.140. The average molecular weight is 512 g/mol. The maximum Gasteiger partial charge on any atom is 0.255 e. The van der Waals surface area contributed by atoms with E-state index in [0.717, 1.165) is 12.8 Å². The first kappa shape index (κ1) is 24.9. The number of H-pyrrole nitrogens is 1. The number of rotatable bonds is 8. The molecule has 0 radical (unpaired) electrons. The molecule has 0 unspecified atom stereocenters. The number of nitrogens with one attached hydrogen (secondary N) is 2. The number of likely N-dealkylation sites (tertiary alicyclic amines) is 1. The van der Waals surface area contributed by atoms with E-state index in [-0.39, 0.29) is 23.6 Å². The second-order valence-corrected chi connectivity index (χ2v) is 9.63. The van der Waals surface area contributed by atoms with Crippen molar-refractivity contribution >= 4 is 22.8 Å². The van der Waals surface area contributed by atoms with Crippen LogP contribution in [0.4, 0.5) is 4.39 Å². The van der Waals surface area contributed by atoms with E-state index in [4.69, 9.17) is 9.47 Å². The molecule has 0 bridgehead atoms. The molecule has 11 heteroatoms. The normalized spacial score (nSPS) is 17.0. The van der Waals surface area contributed by atoms with E-state index >= 15 is 0 Å². The van der Waals surface area contributed by atoms with Gasteiger partial charge in [-0.25, -0.2) is 14.4 Å². The van der Waals surface area contributed by atoms with Crippen molar-refractivity contribution in [3.63, 3.8) is 0 Å². The zero-order chi connectivity index (χ0) is 26.1. The Kier molecular flexibility index (Phi) is 6.96. The summed E-state index contributed by atoms with van der Waals surface area (Å²) in [5.41, 5.74) is 2.10. The van der Waals surface area contributed by atoms with E-state index in [1.807, 2.05) is 0 Å². The van der Waals surface area contributed by atoms with Crippen molar-refractivity contribution in [3.05, 3.63) is 36.0 Å². The molecule has 5 rings (SSSR count). The average Bonchev–Trinajstić information content (AvgIpc) is 3.63. The van der Waals surface area contributed by atoms with Gasteiger partial charge in [-0.3, -0.25) is 9.59 Å². The number of aliphatic hydroxyl groups excluding tert-OH is 1. The van der Waals surface area contributed by atoms with Crippen LogP contribution in [0.3, 0.4) is 0 Å². The van der Waals surface area contributed by atoms with Crippen molar-refractivity contribution in [3.8, 4) is 22.8 Å². The molecular weight excluding hydrogens is 481 g/mol. The molecule has 3 aromatic rings. The first-order chi connectivity index (χ1) is 17.9. The molecule has 2 amide bonds. The molecule has 1 aliphatic heterocycles. The van der Waals surface area contributed by atoms with Crippen LogP contribution in [0.5, 0.6) is 11.5 Å². The summed E-state index contributed by atoms with van der Waals surface area (Å²) in [6.07, 6.45) is 5.25. The highest BCUT2D eigenvalue weighted by Crippen LogP contribution is 2.39. The minimum Gasteiger partial charge on any atom is -0.494 e. The van der Waals surface area contributed by atoms with Crippen molar-refractivity contribution in [2.24, 2.45) is 5.92 Å². The summed E-state index contributed by atoms with van der Waals surface area (Å²) in [5.74, 6) is -0.139. The van der Waals surface area contributed by atoms with Gasteiger partial charge in [-0.15, -0.1) is 0 Å². The van der Waals surface area contributed by atoms with Crippen LogP contribution in [0.1, 0.15) is 43.0 Å². The smallest absolute Gasteiger partial charge is 0.255 e. The predicted octanol–water partition coefficient (Wildman–Crippen LogP) is 2.66. The van der Waals surface area contributed by atoms with Gasteiger partial charge in [-0.1, -0.05) is 0 Å². The minimum absolute atomic E-state index is 0.0765. The fourth-order valence-electron chi connectivity index (χ4n) is 4.58. The molecule has 10 nitrogen and oxygen atoms in total. The number of halogens is 1. The molecule has 2 aromatic heterocycles. The second kappa shape index (κ2) is 10.3. The molecule has 1 aromatic carbocycles. The van der Waals surface area contributed by atoms with Gasteiger partial charge < -0.3 is 29.8 Å². The van der Waals surface area contributed by atoms with E-state index in [0.29, 0.717) is 72.1 Å². The first-order valence-corrected chi connectivity index (χ1v) is 12.5. The Morgan fingerprint density at radius 1 is 1.22 bits per heavy atom. The van der Waals surface area contributed by atoms with E-state index < -0.39 is 11.9 Å². The number of methoxy groups -OCH3 is 1. The third kappa shape index (κ3) is 5.22. The highest BCUT2D eigenvalue weighted by atomic mass is 19.1. The van der Waals surface area contributed by atoms with Crippen molar-refractivity contribution in [2.75, 3.05) is 26.8 Å². The molecule has 2 aliphatic rings. The molecule has 1 saturated heterocycles. The second-order valence-electron chi connectivity index (χ2n) is 9.63. The molecule has 3 N–H and O–H groups in total. The van der Waals surface area contributed by atoms with Crippen LogP contribution in [-0.2, 0) is 4.79 Å². The molecule has 1 aliphatic carbocycles. The number of fused-ring (bicyclic) bond motifs is 1. The Bertz CT molecular complexity index is 1310. The highest BCUT2D eigenvalue weighted by molar-refractivity contribution is 6.08. The number of piperidine rings is 1. The molecule has 196 valence electrons. The van der Waals surface area contributed by atoms with Gasteiger partial charge in [0.2, 0.25) is 0 Å². The third-order valence-electron chi connectivity index (χ3n) is 6.89. The zero-order valence-corrected chi connectivity index (χ0v) is 20.8. The van der Waals surface area contributed by atoms with Crippen molar-refractivity contribution < 1.29 is 28.6 Å². The zero-order valence-electron chi connectivity index (χ0n) is 20.8. The Morgan fingerprint density at radius 2 is 1.97 bits per heavy atom. The summed E-state index contributed by atoms with van der Waals surface area (Å²) in [4.78, 5) is 38.5. The summed E-state index contributed by atoms with van der Waals surface area (Å²) < 4.78 is 25.9. The van der Waals surface area contributed by atoms with Gasteiger partial charge in [-0.05, 0) is 44.6 Å². The largest absolute Gasteiger partial charge is 0.494 e. The number of carbonyl (C=O) groups excluding carboxylic acids is 2. The van der Waals surface area contributed by atoms with Crippen LogP contribution in [0, 0.1) is 11.7 Å². The number of carbonyl (C=O) groups is 2. The summed E-state index contributed by atoms with van der Waals surface area (Å²) >= 11 is 0. The molecule has 1 saturated carbocycles. The molecule has 0 spiro atoms. The number of aliphatic hydroxyl groups is 1. The predicted molar refractivity (Wildman–Crippen MR) is 133 cm³/mol. The lowest BCUT2D eigenvalue weighted by Gasteiger charge is -2.33. The lowest BCUT2D eigenvalue weighted by atomic mass is 10.0. The Hall–Kier alpha value is -3.73. The Morgan fingerprint density at radius 3 is 2.65 bits per heavy atom. The van der Waals surface area contributed by atoms with Gasteiger partial charge in [0, 0.05) is 37.0 Å². The number of benzene rings is 1. The van der Waals surface area contributed by atoms with Crippen LogP contribution in [-0.4, -0.2) is 75.7 Å². The molecular formula is C26H30FN5O5. The van der Waals surface area contributed by atoms with Crippen molar-refractivity contribution in [2.45, 2.75) is 44.8 Å². The maximum absolute atomic E-state index is 14.7. The summed E-state index contributed by atoms with van der Waals surface area (Å²) in [6, 6.07) is 2.73. The number of hydrogen-bond donors (Lipinski definition) is 3. The van der Waals surface area contributed by atoms with E-state index in [2.05, 4.69) is 20.3 Å². The topological polar surface area (TPSA) is 130 Å². The molecule has 3 heterocycles. The van der Waals surface area contributed by atoms with E-state index in [1.54, 1.807) is 11.1 Å². The number of hydrogen-bond acceptors (Lipinski definition) is 7. The van der Waals surface area contributed by atoms with Crippen LogP contribution in [0.15, 0.2) is 24.7 Å². The third-order valence-corrected chi connectivity index (χ3v) is 6.89. The van der Waals surface area contributed by atoms with Gasteiger partial charge in [-0.2, -0.15) is 0 Å². The van der Waals surface area contributed by atoms with Crippen LogP contribution >= 0.6 is 0 Å². The fourth-order valence-corrected chi connectivity index (χ4v) is 4.58. The molecule has 37 heavy (non-hydrogen) atoms. The van der Waals surface area contributed by atoms with Crippen LogP contribution < -0.4 is 14.8 Å². The molecule has 2 fully saturated rings. The standard InChI is InChI=1S/C26H30FN5O5/c1-14(33)26(35)32-7-5-16(6-8-32)31-25(34)18-11-28-24-22(29-13-30-23(18)24)17-9-19(27)21(36-2)10-20(17)37-12-15-3-4-15/h9-11,13-16,28,33H,3-8,12H2,1-2H3,(H,31,34)/t14-/m0/s1. The SMILES string of the molecule is COc1cc(OCC2CC2)c(-c2ncnc3c(C(=O)NC4CCN(C(=O)[C@H](C)O)CC4)c[nH]c23)cc1F. The van der Waals surface area contributed by atoms with E-state index in [1.165, 1.54) is 32.5 Å². The Labute approximate surface area is 213 Å². The van der Waals surface area contributed by atoms with E-state index in [9.17, 15) is 19.1 Å². The van der Waals surface area contributed by atoms with Gasteiger partial charge in [0.25, 0.3) is 11.8 Å². The first-order valence-electron chi connectivity index (χ1n) is 12.5. The van der Waals surface area contributed by atoms with Crippen molar-refractivity contribution in [1.82, 2.24) is 25.2 Å². The number of amides is 2. The van der Waals surface area contributed by atoms with Crippen molar-refractivity contribution in [1.29, 1.82) is 0 Å². The Balaban J connectivity index is 1.38. The van der Waals surface area contributed by atoms with Gasteiger partial charge in [0.1, 0.15) is 29.4 Å². The number of aromatic amines is 1. The number of nitrogens with zero attached hydrogens (tertiary/aromatic N) is 3. The van der Waals surface area contributed by atoms with Crippen LogP contribution in [0.25, 0.3) is 22.3 Å². The minimum atomic E-state index is -1.04. The maximum atomic E-state index is 14.7. The number of aromatic nitrogens is 3. The quantitative estimate of drug-likeness (QED) is 0.424. The number of ether oxygens (including phenoxy) is 2. The van der Waals surface area contributed by atoms with Gasteiger partial charge in [0.05, 0.1) is 24.8 Å². The summed E-state index contributed by atoms with van der Waals surface area (Å²) in [5, 5.41) is 12.5. The monoisotopic (exact) mass is 511 g/mol. The highest BCUT2D eigenvalue weighted by Gasteiger charge is 2.28. The van der Waals surface area contributed by atoms with Gasteiger partial charge in [0.15, 0.2) is 11.6 Å². The summed E-state index contributed by atoms with van der Waals surface area (Å²) in [7, 11) is 1.40. The van der Waals surface area contributed by atoms with Crippen LogP contribution in [0.2, 0.25) is 0 Å². The lowest BCUT2D eigenvalue weighted by Crippen LogP contribution is -2.48.